The summed E-state index contributed by atoms with van der Waals surface area (Å²) < 4.78 is 0. The van der Waals surface area contributed by atoms with E-state index in [1.807, 2.05) is 11.8 Å². The molecular formula is C8H17N3O. The minimum Gasteiger partial charge on any atom is -0.338 e. The third-order valence-corrected chi connectivity index (χ3v) is 2.09. The molecule has 70 valence electrons. The molecule has 0 saturated carbocycles. The number of urea groups is 1. The summed E-state index contributed by atoms with van der Waals surface area (Å²) in [6.07, 6.45) is 0. The van der Waals surface area contributed by atoms with E-state index in [-0.39, 0.29) is 6.03 Å². The molecule has 0 aromatic heterocycles. The molecule has 0 spiro atoms. The van der Waals surface area contributed by atoms with Crippen LogP contribution in [0.5, 0.6) is 0 Å². The molecule has 4 heteroatoms. The van der Waals surface area contributed by atoms with E-state index in [0.717, 1.165) is 19.6 Å². The van der Waals surface area contributed by atoms with Gasteiger partial charge in [0, 0.05) is 32.2 Å². The standard InChI is InChI=1S/C8H17N3O/c1-3-10-8(12)11-5-4-9-6-7(11)2/h7,9H,3-6H2,1-2H3,(H,10,12). The molecule has 1 rings (SSSR count). The third kappa shape index (κ3) is 2.11. The lowest BCUT2D eigenvalue weighted by molar-refractivity contribution is 0.165. The van der Waals surface area contributed by atoms with E-state index in [0.29, 0.717) is 12.6 Å². The fourth-order valence-corrected chi connectivity index (χ4v) is 1.40. The van der Waals surface area contributed by atoms with Crippen molar-refractivity contribution >= 4 is 6.03 Å². The summed E-state index contributed by atoms with van der Waals surface area (Å²) in [5.41, 5.74) is 0. The summed E-state index contributed by atoms with van der Waals surface area (Å²) in [6.45, 7) is 7.31. The second-order valence-corrected chi connectivity index (χ2v) is 3.08. The molecule has 2 amide bonds. The fraction of sp³-hybridized carbons (Fsp3) is 0.875. The first-order valence-electron chi connectivity index (χ1n) is 4.51. The largest absolute Gasteiger partial charge is 0.338 e. The zero-order chi connectivity index (χ0) is 8.97. The summed E-state index contributed by atoms with van der Waals surface area (Å²) in [5, 5.41) is 6.04. The molecule has 2 N–H and O–H groups in total. The number of carbonyl (C=O) groups excluding carboxylic acids is 1. The van der Waals surface area contributed by atoms with Crippen LogP contribution in [-0.4, -0.2) is 43.2 Å². The van der Waals surface area contributed by atoms with Crippen LogP contribution in [0.4, 0.5) is 4.79 Å². The highest BCUT2D eigenvalue weighted by molar-refractivity contribution is 5.74. The van der Waals surface area contributed by atoms with Crippen LogP contribution in [-0.2, 0) is 0 Å². The lowest BCUT2D eigenvalue weighted by Gasteiger charge is -2.33. The molecule has 0 aromatic rings. The Kier molecular flexibility index (Phi) is 3.34. The summed E-state index contributed by atoms with van der Waals surface area (Å²) in [7, 11) is 0. The van der Waals surface area contributed by atoms with E-state index in [1.54, 1.807) is 0 Å². The van der Waals surface area contributed by atoms with Gasteiger partial charge in [0.05, 0.1) is 0 Å². The van der Waals surface area contributed by atoms with E-state index in [9.17, 15) is 4.79 Å². The quantitative estimate of drug-likeness (QED) is 0.583. The van der Waals surface area contributed by atoms with Gasteiger partial charge in [-0.05, 0) is 13.8 Å². The first-order valence-corrected chi connectivity index (χ1v) is 4.51. The van der Waals surface area contributed by atoms with Gasteiger partial charge in [-0.1, -0.05) is 0 Å². The smallest absolute Gasteiger partial charge is 0.317 e. The van der Waals surface area contributed by atoms with Gasteiger partial charge in [0.25, 0.3) is 0 Å². The van der Waals surface area contributed by atoms with Gasteiger partial charge in [0.1, 0.15) is 0 Å². The second-order valence-electron chi connectivity index (χ2n) is 3.08. The Labute approximate surface area is 73.3 Å². The van der Waals surface area contributed by atoms with Gasteiger partial charge in [0.2, 0.25) is 0 Å². The van der Waals surface area contributed by atoms with Crippen LogP contribution in [0.15, 0.2) is 0 Å². The van der Waals surface area contributed by atoms with Gasteiger partial charge in [-0.15, -0.1) is 0 Å². The van der Waals surface area contributed by atoms with Crippen molar-refractivity contribution in [2.24, 2.45) is 0 Å². The van der Waals surface area contributed by atoms with E-state index in [2.05, 4.69) is 17.6 Å². The molecule has 1 aliphatic rings. The topological polar surface area (TPSA) is 44.4 Å². The highest BCUT2D eigenvalue weighted by Gasteiger charge is 2.21. The number of hydrogen-bond donors (Lipinski definition) is 2. The van der Waals surface area contributed by atoms with Crippen molar-refractivity contribution in [3.63, 3.8) is 0 Å². The van der Waals surface area contributed by atoms with Gasteiger partial charge in [0.15, 0.2) is 0 Å². The Bertz CT molecular complexity index is 160. The molecule has 1 heterocycles. The number of hydrogen-bond acceptors (Lipinski definition) is 2. The van der Waals surface area contributed by atoms with Crippen LogP contribution in [0, 0.1) is 0 Å². The Hall–Kier alpha value is -0.770. The third-order valence-electron chi connectivity index (χ3n) is 2.09. The molecule has 1 aliphatic heterocycles. The second kappa shape index (κ2) is 4.30. The zero-order valence-electron chi connectivity index (χ0n) is 7.76. The van der Waals surface area contributed by atoms with Gasteiger partial charge in [-0.2, -0.15) is 0 Å². The first kappa shape index (κ1) is 9.32. The molecule has 1 fully saturated rings. The molecule has 1 unspecified atom stereocenters. The van der Waals surface area contributed by atoms with E-state index < -0.39 is 0 Å². The average Bonchev–Trinajstić information content (AvgIpc) is 2.05. The highest BCUT2D eigenvalue weighted by Crippen LogP contribution is 2.01. The van der Waals surface area contributed by atoms with Crippen molar-refractivity contribution in [3.8, 4) is 0 Å². The van der Waals surface area contributed by atoms with Crippen LogP contribution < -0.4 is 10.6 Å². The van der Waals surface area contributed by atoms with Crippen molar-refractivity contribution in [1.82, 2.24) is 15.5 Å². The average molecular weight is 171 g/mol. The molecular weight excluding hydrogens is 154 g/mol. The van der Waals surface area contributed by atoms with E-state index in [4.69, 9.17) is 0 Å². The summed E-state index contributed by atoms with van der Waals surface area (Å²) in [5.74, 6) is 0. The molecule has 1 atom stereocenters. The molecule has 12 heavy (non-hydrogen) atoms. The lowest BCUT2D eigenvalue weighted by atomic mass is 10.2. The lowest BCUT2D eigenvalue weighted by Crippen LogP contribution is -2.55. The summed E-state index contributed by atoms with van der Waals surface area (Å²) in [4.78, 5) is 13.3. The maximum Gasteiger partial charge on any atom is 0.317 e. The summed E-state index contributed by atoms with van der Waals surface area (Å²) in [6, 6.07) is 0.372. The Morgan fingerprint density at radius 2 is 2.50 bits per heavy atom. The van der Waals surface area contributed by atoms with Gasteiger partial charge < -0.3 is 15.5 Å². The molecule has 4 nitrogen and oxygen atoms in total. The maximum atomic E-state index is 11.4. The first-order chi connectivity index (χ1) is 5.75. The minimum atomic E-state index is 0.0616. The number of piperazine rings is 1. The van der Waals surface area contributed by atoms with Gasteiger partial charge in [-0.25, -0.2) is 4.79 Å². The molecule has 1 saturated heterocycles. The Morgan fingerprint density at radius 1 is 1.75 bits per heavy atom. The van der Waals surface area contributed by atoms with Crippen molar-refractivity contribution in [1.29, 1.82) is 0 Å². The van der Waals surface area contributed by atoms with Crippen LogP contribution >= 0.6 is 0 Å². The predicted octanol–water partition coefficient (Wildman–Crippen LogP) is 0.00960. The predicted molar refractivity (Wildman–Crippen MR) is 48.1 cm³/mol. The van der Waals surface area contributed by atoms with Crippen LogP contribution in [0.25, 0.3) is 0 Å². The van der Waals surface area contributed by atoms with Crippen molar-refractivity contribution in [3.05, 3.63) is 0 Å². The number of nitrogens with zero attached hydrogens (tertiary/aromatic N) is 1. The highest BCUT2D eigenvalue weighted by atomic mass is 16.2. The van der Waals surface area contributed by atoms with Crippen molar-refractivity contribution in [2.75, 3.05) is 26.2 Å². The Morgan fingerprint density at radius 3 is 3.08 bits per heavy atom. The van der Waals surface area contributed by atoms with Gasteiger partial charge >= 0.3 is 6.03 Å². The number of nitrogens with one attached hydrogen (secondary N) is 2. The molecule has 0 radical (unpaired) electrons. The normalized spacial score (nSPS) is 23.8. The van der Waals surface area contributed by atoms with Gasteiger partial charge in [-0.3, -0.25) is 0 Å². The maximum absolute atomic E-state index is 11.4. The van der Waals surface area contributed by atoms with Crippen LogP contribution in [0.1, 0.15) is 13.8 Å². The fourth-order valence-electron chi connectivity index (χ4n) is 1.40. The zero-order valence-corrected chi connectivity index (χ0v) is 7.76. The molecule has 0 aromatic carbocycles. The number of amides is 2. The van der Waals surface area contributed by atoms with Crippen molar-refractivity contribution in [2.45, 2.75) is 19.9 Å². The molecule has 0 bridgehead atoms. The van der Waals surface area contributed by atoms with E-state index in [1.165, 1.54) is 0 Å². The summed E-state index contributed by atoms with van der Waals surface area (Å²) >= 11 is 0. The SMILES string of the molecule is CCNC(=O)N1CCNCC1C. The van der Waals surface area contributed by atoms with E-state index >= 15 is 0 Å². The van der Waals surface area contributed by atoms with Crippen LogP contribution in [0.3, 0.4) is 0 Å². The number of carbonyl (C=O) groups is 1. The monoisotopic (exact) mass is 171 g/mol. The minimum absolute atomic E-state index is 0.0616. The molecule has 0 aliphatic carbocycles. The van der Waals surface area contributed by atoms with Crippen molar-refractivity contribution < 1.29 is 4.79 Å². The number of rotatable bonds is 1. The Balaban J connectivity index is 2.42. The van der Waals surface area contributed by atoms with Crippen LogP contribution in [0.2, 0.25) is 0 Å².